The van der Waals surface area contributed by atoms with Crippen molar-refractivity contribution in [3.8, 4) is 0 Å². The molecule has 0 aromatic heterocycles. The molecular formula is C20H30O3. The molecule has 4 rings (SSSR count). The summed E-state index contributed by atoms with van der Waals surface area (Å²) in [6, 6.07) is 0. The number of hydrogen-bond acceptors (Lipinski definition) is 3. The first kappa shape index (κ1) is 15.8. The van der Waals surface area contributed by atoms with E-state index in [-0.39, 0.29) is 17.4 Å². The Balaban J connectivity index is 1.63. The van der Waals surface area contributed by atoms with Crippen LogP contribution in [0.1, 0.15) is 51.9 Å². The van der Waals surface area contributed by atoms with E-state index in [1.807, 2.05) is 6.08 Å². The number of aldehydes is 1. The van der Waals surface area contributed by atoms with Gasteiger partial charge in [0.2, 0.25) is 0 Å². The Hall–Kier alpha value is -0.670. The highest BCUT2D eigenvalue weighted by Crippen LogP contribution is 2.63. The molecule has 23 heavy (non-hydrogen) atoms. The number of carbonyl (C=O) groups is 1. The van der Waals surface area contributed by atoms with Crippen LogP contribution in [0.5, 0.6) is 0 Å². The van der Waals surface area contributed by atoms with Gasteiger partial charge in [-0.15, -0.1) is 0 Å². The van der Waals surface area contributed by atoms with E-state index in [0.717, 1.165) is 32.0 Å². The van der Waals surface area contributed by atoms with E-state index in [1.54, 1.807) is 0 Å². The highest BCUT2D eigenvalue weighted by atomic mass is 16.3. The molecule has 0 heterocycles. The van der Waals surface area contributed by atoms with Gasteiger partial charge in [-0.25, -0.2) is 0 Å². The van der Waals surface area contributed by atoms with Gasteiger partial charge in [0.25, 0.3) is 0 Å². The molecule has 3 saturated carbocycles. The summed E-state index contributed by atoms with van der Waals surface area (Å²) in [6.45, 7) is 2.26. The van der Waals surface area contributed by atoms with Crippen LogP contribution in [0, 0.1) is 40.9 Å². The van der Waals surface area contributed by atoms with Crippen molar-refractivity contribution in [3.63, 3.8) is 0 Å². The van der Waals surface area contributed by atoms with Gasteiger partial charge in [0.1, 0.15) is 6.29 Å². The Morgan fingerprint density at radius 1 is 1.04 bits per heavy atom. The number of allylic oxidation sites excluding steroid dienone is 1. The third-order valence-corrected chi connectivity index (χ3v) is 8.22. The van der Waals surface area contributed by atoms with Crippen LogP contribution in [0.25, 0.3) is 0 Å². The average Bonchev–Trinajstić information content (AvgIpc) is 2.91. The molecule has 3 heteroatoms. The van der Waals surface area contributed by atoms with E-state index in [9.17, 15) is 15.0 Å². The maximum atomic E-state index is 11.5. The second-order valence-corrected chi connectivity index (χ2v) is 8.56. The summed E-state index contributed by atoms with van der Waals surface area (Å²) in [5.41, 5.74) is 0.163. The van der Waals surface area contributed by atoms with Crippen LogP contribution in [0.4, 0.5) is 0 Å². The summed E-state index contributed by atoms with van der Waals surface area (Å²) >= 11 is 0. The molecule has 3 nitrogen and oxygen atoms in total. The van der Waals surface area contributed by atoms with Gasteiger partial charge >= 0.3 is 0 Å². The van der Waals surface area contributed by atoms with Gasteiger partial charge in [0.05, 0.1) is 12.2 Å². The second kappa shape index (κ2) is 5.70. The molecule has 4 aliphatic rings. The summed E-state index contributed by atoms with van der Waals surface area (Å²) in [7, 11) is 0. The van der Waals surface area contributed by atoms with Crippen LogP contribution in [-0.2, 0) is 4.79 Å². The fourth-order valence-corrected chi connectivity index (χ4v) is 7.10. The van der Waals surface area contributed by atoms with Crippen LogP contribution in [0.15, 0.2) is 12.2 Å². The largest absolute Gasteiger partial charge is 0.393 e. The molecule has 0 bridgehead atoms. The smallest absolute Gasteiger partial charge is 0.126 e. The number of fused-ring (bicyclic) bond motifs is 5. The molecule has 0 aliphatic heterocycles. The third-order valence-electron chi connectivity index (χ3n) is 8.22. The summed E-state index contributed by atoms with van der Waals surface area (Å²) in [5, 5.41) is 20.7. The van der Waals surface area contributed by atoms with Crippen molar-refractivity contribution in [2.45, 2.75) is 64.1 Å². The van der Waals surface area contributed by atoms with E-state index >= 15 is 0 Å². The van der Waals surface area contributed by atoms with Crippen molar-refractivity contribution in [1.29, 1.82) is 0 Å². The number of aliphatic hydroxyl groups excluding tert-OH is 2. The third kappa shape index (κ3) is 2.12. The van der Waals surface area contributed by atoms with E-state index in [1.165, 1.54) is 19.3 Å². The summed E-state index contributed by atoms with van der Waals surface area (Å²) in [4.78, 5) is 11.5. The lowest BCUT2D eigenvalue weighted by molar-refractivity contribution is -0.122. The fourth-order valence-electron chi connectivity index (χ4n) is 7.10. The molecule has 0 saturated heterocycles. The van der Waals surface area contributed by atoms with E-state index in [0.29, 0.717) is 29.6 Å². The molecular weight excluding hydrogens is 288 g/mol. The SMILES string of the molecule is CCC12CCC3C4C=CC(O)C(C=O)C4CCC3C1CCC2O. The lowest BCUT2D eigenvalue weighted by Gasteiger charge is -2.56. The highest BCUT2D eigenvalue weighted by molar-refractivity contribution is 5.56. The van der Waals surface area contributed by atoms with Gasteiger partial charge in [0, 0.05) is 5.92 Å². The van der Waals surface area contributed by atoms with E-state index in [2.05, 4.69) is 13.0 Å². The molecule has 128 valence electrons. The first-order chi connectivity index (χ1) is 11.1. The van der Waals surface area contributed by atoms with Crippen LogP contribution < -0.4 is 0 Å². The predicted octanol–water partition coefficient (Wildman–Crippen LogP) is 2.95. The Morgan fingerprint density at radius 3 is 2.57 bits per heavy atom. The Kier molecular flexibility index (Phi) is 3.92. The first-order valence-corrected chi connectivity index (χ1v) is 9.62. The average molecular weight is 318 g/mol. The van der Waals surface area contributed by atoms with E-state index in [4.69, 9.17) is 0 Å². The molecule has 0 aromatic rings. The number of carbonyl (C=O) groups excluding carboxylic acids is 1. The van der Waals surface area contributed by atoms with Gasteiger partial charge in [0.15, 0.2) is 0 Å². The zero-order valence-corrected chi connectivity index (χ0v) is 14.1. The van der Waals surface area contributed by atoms with Gasteiger partial charge in [-0.1, -0.05) is 19.1 Å². The Morgan fingerprint density at radius 2 is 1.83 bits per heavy atom. The molecule has 3 fully saturated rings. The van der Waals surface area contributed by atoms with Crippen LogP contribution in [0.3, 0.4) is 0 Å². The summed E-state index contributed by atoms with van der Waals surface area (Å²) in [5.74, 6) is 2.59. The lowest BCUT2D eigenvalue weighted by atomic mass is 9.49. The minimum absolute atomic E-state index is 0.109. The lowest BCUT2D eigenvalue weighted by Crippen LogP contribution is -2.51. The zero-order valence-electron chi connectivity index (χ0n) is 14.1. The normalized spacial score (nSPS) is 54.9. The highest BCUT2D eigenvalue weighted by Gasteiger charge is 2.58. The second-order valence-electron chi connectivity index (χ2n) is 8.56. The predicted molar refractivity (Wildman–Crippen MR) is 88.6 cm³/mol. The topological polar surface area (TPSA) is 57.5 Å². The van der Waals surface area contributed by atoms with Crippen LogP contribution in [0.2, 0.25) is 0 Å². The monoisotopic (exact) mass is 318 g/mol. The van der Waals surface area contributed by atoms with Crippen LogP contribution >= 0.6 is 0 Å². The Bertz CT molecular complexity index is 501. The van der Waals surface area contributed by atoms with Gasteiger partial charge in [-0.2, -0.15) is 0 Å². The number of rotatable bonds is 2. The maximum Gasteiger partial charge on any atom is 0.126 e. The van der Waals surface area contributed by atoms with Crippen molar-refractivity contribution in [3.05, 3.63) is 12.2 Å². The fraction of sp³-hybridized carbons (Fsp3) is 0.850. The molecule has 0 aromatic carbocycles. The quantitative estimate of drug-likeness (QED) is 0.608. The van der Waals surface area contributed by atoms with Crippen molar-refractivity contribution >= 4 is 6.29 Å². The minimum atomic E-state index is -0.586. The zero-order chi connectivity index (χ0) is 16.2. The molecule has 4 aliphatic carbocycles. The standard InChI is InChI=1S/C20H30O3/c1-2-20-10-9-14-12-5-7-18(22)16(11-21)13(12)3-4-15(14)17(20)6-8-19(20)23/h5,7,11-19,22-23H,2-4,6,8-10H2,1H3. The Labute approximate surface area is 139 Å². The molecule has 0 spiro atoms. The summed E-state index contributed by atoms with van der Waals surface area (Å²) in [6.07, 6.45) is 12.2. The number of hydrogen-bond donors (Lipinski definition) is 2. The molecule has 9 unspecified atom stereocenters. The molecule has 2 N–H and O–H groups in total. The van der Waals surface area contributed by atoms with Crippen LogP contribution in [-0.4, -0.2) is 28.7 Å². The molecule has 0 amide bonds. The van der Waals surface area contributed by atoms with Crippen molar-refractivity contribution in [2.75, 3.05) is 0 Å². The number of aliphatic hydroxyl groups is 2. The van der Waals surface area contributed by atoms with Gasteiger partial charge in [-0.05, 0) is 80.0 Å². The maximum absolute atomic E-state index is 11.5. The first-order valence-electron chi connectivity index (χ1n) is 9.62. The summed E-state index contributed by atoms with van der Waals surface area (Å²) < 4.78 is 0. The minimum Gasteiger partial charge on any atom is -0.393 e. The van der Waals surface area contributed by atoms with Gasteiger partial charge < -0.3 is 15.0 Å². The molecule has 0 radical (unpaired) electrons. The van der Waals surface area contributed by atoms with Crippen molar-refractivity contribution < 1.29 is 15.0 Å². The van der Waals surface area contributed by atoms with E-state index < -0.39 is 6.10 Å². The van der Waals surface area contributed by atoms with Crippen molar-refractivity contribution in [1.82, 2.24) is 0 Å². The van der Waals surface area contributed by atoms with Crippen molar-refractivity contribution in [2.24, 2.45) is 40.9 Å². The molecule has 9 atom stereocenters. The van der Waals surface area contributed by atoms with Gasteiger partial charge in [-0.3, -0.25) is 0 Å².